The number of rotatable bonds is 5. The van der Waals surface area contributed by atoms with Gasteiger partial charge in [0.25, 0.3) is 0 Å². The third-order valence-corrected chi connectivity index (χ3v) is 4.90. The van der Waals surface area contributed by atoms with Crippen molar-refractivity contribution in [3.8, 4) is 5.88 Å². The van der Waals surface area contributed by atoms with E-state index in [0.717, 1.165) is 23.3 Å². The van der Waals surface area contributed by atoms with Crippen molar-refractivity contribution in [1.82, 2.24) is 15.0 Å². The van der Waals surface area contributed by atoms with E-state index in [1.165, 1.54) is 19.5 Å². The molecule has 0 aromatic carbocycles. The van der Waals surface area contributed by atoms with Crippen LogP contribution in [-0.2, 0) is 12.0 Å². The highest BCUT2D eigenvalue weighted by Gasteiger charge is 2.30. The monoisotopic (exact) mass is 357 g/mol. The molecule has 0 spiro atoms. The number of aliphatic imine (C=N–C) groups is 1. The van der Waals surface area contributed by atoms with Crippen LogP contribution in [0.15, 0.2) is 35.8 Å². The van der Waals surface area contributed by atoms with Gasteiger partial charge in [-0.15, -0.1) is 0 Å². The van der Waals surface area contributed by atoms with E-state index in [-0.39, 0.29) is 12.2 Å². The van der Waals surface area contributed by atoms with Crippen LogP contribution in [0.25, 0.3) is 0 Å². The third kappa shape index (κ3) is 3.96. The van der Waals surface area contributed by atoms with E-state index in [0.29, 0.717) is 16.7 Å². The van der Waals surface area contributed by atoms with E-state index >= 15 is 0 Å². The Morgan fingerprint density at radius 2 is 2.16 bits per heavy atom. The maximum atomic E-state index is 12.4. The van der Waals surface area contributed by atoms with Crippen LogP contribution in [0, 0.1) is 0 Å². The molecule has 0 saturated heterocycles. The first-order valence-electron chi connectivity index (χ1n) is 7.82. The molecule has 7 nitrogen and oxygen atoms in total. The molecule has 0 bridgehead atoms. The van der Waals surface area contributed by atoms with E-state index in [4.69, 9.17) is 10.5 Å². The summed E-state index contributed by atoms with van der Waals surface area (Å²) in [5.74, 6) is 1.16. The van der Waals surface area contributed by atoms with Gasteiger partial charge in [-0.05, 0) is 30.5 Å². The third-order valence-electron chi connectivity index (χ3n) is 4.10. The average molecular weight is 357 g/mol. The number of ether oxygens (including phenoxy) is 1. The number of aromatic nitrogens is 3. The number of thioether (sulfide) groups is 1. The first-order chi connectivity index (χ1) is 12.0. The van der Waals surface area contributed by atoms with Crippen molar-refractivity contribution in [2.75, 3.05) is 12.9 Å². The van der Waals surface area contributed by atoms with E-state index in [1.807, 2.05) is 13.0 Å². The van der Waals surface area contributed by atoms with Gasteiger partial charge in [0.15, 0.2) is 11.0 Å². The lowest BCUT2D eigenvalue weighted by Crippen LogP contribution is -2.29. The molecule has 8 heteroatoms. The molecule has 0 unspecified atom stereocenters. The molecule has 1 atom stereocenters. The Hall–Kier alpha value is -2.48. The second-order valence-corrected chi connectivity index (χ2v) is 7.06. The molecule has 2 aromatic heterocycles. The van der Waals surface area contributed by atoms with Crippen LogP contribution in [-0.4, -0.2) is 38.8 Å². The minimum atomic E-state index is -0.401. The molecule has 2 aromatic rings. The molecule has 0 aliphatic carbocycles. The summed E-state index contributed by atoms with van der Waals surface area (Å²) in [4.78, 5) is 29.4. The van der Waals surface area contributed by atoms with Gasteiger partial charge < -0.3 is 10.5 Å². The molecular formula is C17H19N5O2S. The van der Waals surface area contributed by atoms with Crippen molar-refractivity contribution in [1.29, 1.82) is 0 Å². The normalized spacial score (nSPS) is 20.0. The van der Waals surface area contributed by atoms with Crippen LogP contribution in [0.4, 0.5) is 0 Å². The Labute approximate surface area is 150 Å². The zero-order valence-electron chi connectivity index (χ0n) is 14.1. The van der Waals surface area contributed by atoms with E-state index < -0.39 is 5.54 Å². The Kier molecular flexibility index (Phi) is 4.98. The summed E-state index contributed by atoms with van der Waals surface area (Å²) in [6, 6.07) is 1.97. The number of methoxy groups -OCH3 is 1. The molecule has 2 N–H and O–H groups in total. The summed E-state index contributed by atoms with van der Waals surface area (Å²) >= 11 is 1.56. The van der Waals surface area contributed by atoms with Crippen molar-refractivity contribution >= 4 is 22.7 Å². The first-order valence-corrected chi connectivity index (χ1v) is 8.80. The van der Waals surface area contributed by atoms with Crippen LogP contribution in [0.1, 0.15) is 35.0 Å². The number of nitrogens with zero attached hydrogens (tertiary/aromatic N) is 4. The van der Waals surface area contributed by atoms with Gasteiger partial charge >= 0.3 is 0 Å². The second kappa shape index (κ2) is 7.18. The molecule has 0 saturated carbocycles. The number of hydrogen-bond acceptors (Lipinski definition) is 8. The van der Waals surface area contributed by atoms with Crippen molar-refractivity contribution in [3.63, 3.8) is 0 Å². The predicted molar refractivity (Wildman–Crippen MR) is 96.9 cm³/mol. The van der Waals surface area contributed by atoms with Crippen LogP contribution >= 0.6 is 11.8 Å². The average Bonchev–Trinajstić information content (AvgIpc) is 2.62. The summed E-state index contributed by atoms with van der Waals surface area (Å²) in [7, 11) is 1.50. The molecule has 3 rings (SSSR count). The summed E-state index contributed by atoms with van der Waals surface area (Å²) in [5.41, 5.74) is 7.55. The highest BCUT2D eigenvalue weighted by Crippen LogP contribution is 2.34. The molecule has 1 aliphatic heterocycles. The van der Waals surface area contributed by atoms with Crippen molar-refractivity contribution < 1.29 is 9.53 Å². The topological polar surface area (TPSA) is 103 Å². The van der Waals surface area contributed by atoms with Gasteiger partial charge in [-0.25, -0.2) is 9.97 Å². The van der Waals surface area contributed by atoms with Crippen LogP contribution in [0.3, 0.4) is 0 Å². The van der Waals surface area contributed by atoms with E-state index in [2.05, 4.69) is 19.9 Å². The standard InChI is InChI=1S/C17H19N5O2S/c1-17(3-4-25-16(18)22-17)12-5-11(7-19-8-12)6-14(23)13-9-21-15(24-2)10-20-13/h5,7-10H,3-4,6H2,1-2H3,(H2,18,22)/t17-/m0/s1. The number of nitrogens with two attached hydrogens (primary N) is 1. The van der Waals surface area contributed by atoms with Crippen LogP contribution in [0.2, 0.25) is 0 Å². The molecule has 1 aliphatic rings. The molecule has 130 valence electrons. The second-order valence-electron chi connectivity index (χ2n) is 5.95. The summed E-state index contributed by atoms with van der Waals surface area (Å²) in [5, 5.41) is 0.587. The molecule has 0 radical (unpaired) electrons. The lowest BCUT2D eigenvalue weighted by molar-refractivity contribution is 0.0987. The van der Waals surface area contributed by atoms with Gasteiger partial charge in [-0.2, -0.15) is 0 Å². The zero-order chi connectivity index (χ0) is 17.9. The van der Waals surface area contributed by atoms with Crippen molar-refractivity contribution in [2.24, 2.45) is 10.7 Å². The predicted octanol–water partition coefficient (Wildman–Crippen LogP) is 1.97. The van der Waals surface area contributed by atoms with Gasteiger partial charge in [0.2, 0.25) is 5.88 Å². The molecule has 0 amide bonds. The SMILES string of the molecule is COc1cnc(C(=O)Cc2cncc([C@]3(C)CCSC(N)=N3)c2)cn1. The quantitative estimate of drug-likeness (QED) is 0.816. The largest absolute Gasteiger partial charge is 0.480 e. The molecule has 3 heterocycles. The van der Waals surface area contributed by atoms with E-state index in [1.54, 1.807) is 24.2 Å². The number of Topliss-reactive ketones (excluding diaryl/α,β-unsaturated/α-hetero) is 1. The van der Waals surface area contributed by atoms with Gasteiger partial charge in [-0.3, -0.25) is 14.8 Å². The van der Waals surface area contributed by atoms with Crippen molar-refractivity contribution in [2.45, 2.75) is 25.3 Å². The van der Waals surface area contributed by atoms with Gasteiger partial charge in [-0.1, -0.05) is 11.8 Å². The summed E-state index contributed by atoms with van der Waals surface area (Å²) in [6.07, 6.45) is 7.40. The lowest BCUT2D eigenvalue weighted by Gasteiger charge is -2.29. The number of ketones is 1. The Balaban J connectivity index is 1.79. The summed E-state index contributed by atoms with van der Waals surface area (Å²) < 4.78 is 4.95. The number of hydrogen-bond donors (Lipinski definition) is 1. The maximum Gasteiger partial charge on any atom is 0.232 e. The minimum absolute atomic E-state index is 0.124. The Bertz CT molecular complexity index is 809. The van der Waals surface area contributed by atoms with E-state index in [9.17, 15) is 4.79 Å². The van der Waals surface area contributed by atoms with Gasteiger partial charge in [0.05, 0.1) is 25.0 Å². The lowest BCUT2D eigenvalue weighted by atomic mass is 9.90. The molecule has 0 fully saturated rings. The smallest absolute Gasteiger partial charge is 0.232 e. The van der Waals surface area contributed by atoms with Gasteiger partial charge in [0, 0.05) is 24.6 Å². The fourth-order valence-electron chi connectivity index (χ4n) is 2.61. The highest BCUT2D eigenvalue weighted by atomic mass is 32.2. The number of carbonyl (C=O) groups is 1. The maximum absolute atomic E-state index is 12.4. The first kappa shape index (κ1) is 17.3. The summed E-state index contributed by atoms with van der Waals surface area (Å²) in [6.45, 7) is 2.04. The highest BCUT2D eigenvalue weighted by molar-refractivity contribution is 8.13. The Morgan fingerprint density at radius 3 is 2.84 bits per heavy atom. The number of amidine groups is 1. The fraction of sp³-hybridized carbons (Fsp3) is 0.353. The van der Waals surface area contributed by atoms with Crippen LogP contribution in [0.5, 0.6) is 5.88 Å². The number of pyridine rings is 1. The van der Waals surface area contributed by atoms with Gasteiger partial charge in [0.1, 0.15) is 5.69 Å². The fourth-order valence-corrected chi connectivity index (χ4v) is 3.59. The molecular weight excluding hydrogens is 338 g/mol. The Morgan fingerprint density at radius 1 is 1.32 bits per heavy atom. The van der Waals surface area contributed by atoms with Crippen LogP contribution < -0.4 is 10.5 Å². The zero-order valence-corrected chi connectivity index (χ0v) is 14.9. The minimum Gasteiger partial charge on any atom is -0.480 e. The van der Waals surface area contributed by atoms with Crippen molar-refractivity contribution in [3.05, 3.63) is 47.7 Å². The molecule has 25 heavy (non-hydrogen) atoms. The number of carbonyl (C=O) groups excluding carboxylic acids is 1.